The SMILES string of the molecule is CN1CCCCC1CCSc1ncnc2ccsc12. The minimum Gasteiger partial charge on any atom is -0.303 e. The Bertz CT molecular complexity index is 540. The van der Waals surface area contributed by atoms with Crippen LogP contribution in [0.15, 0.2) is 22.8 Å². The molecule has 102 valence electrons. The van der Waals surface area contributed by atoms with Crippen molar-refractivity contribution >= 4 is 33.3 Å². The van der Waals surface area contributed by atoms with E-state index in [1.165, 1.54) is 36.9 Å². The van der Waals surface area contributed by atoms with E-state index in [0.29, 0.717) is 0 Å². The summed E-state index contributed by atoms with van der Waals surface area (Å²) in [4.78, 5) is 11.2. The van der Waals surface area contributed by atoms with Crippen molar-refractivity contribution in [2.45, 2.75) is 36.8 Å². The van der Waals surface area contributed by atoms with Crippen LogP contribution in [0.1, 0.15) is 25.7 Å². The van der Waals surface area contributed by atoms with Crippen molar-refractivity contribution < 1.29 is 0 Å². The van der Waals surface area contributed by atoms with Gasteiger partial charge in [-0.1, -0.05) is 6.42 Å². The molecule has 1 fully saturated rings. The van der Waals surface area contributed by atoms with Crippen molar-refractivity contribution in [1.82, 2.24) is 14.9 Å². The van der Waals surface area contributed by atoms with Crippen molar-refractivity contribution in [3.05, 3.63) is 17.8 Å². The zero-order chi connectivity index (χ0) is 13.1. The van der Waals surface area contributed by atoms with Crippen LogP contribution >= 0.6 is 23.1 Å². The highest BCUT2D eigenvalue weighted by Crippen LogP contribution is 2.30. The highest BCUT2D eigenvalue weighted by atomic mass is 32.2. The Labute approximate surface area is 122 Å². The van der Waals surface area contributed by atoms with E-state index in [2.05, 4.69) is 33.4 Å². The van der Waals surface area contributed by atoms with Gasteiger partial charge in [0.25, 0.3) is 0 Å². The van der Waals surface area contributed by atoms with Gasteiger partial charge in [-0.2, -0.15) is 0 Å². The summed E-state index contributed by atoms with van der Waals surface area (Å²) in [6.45, 7) is 1.26. The van der Waals surface area contributed by atoms with Gasteiger partial charge in [0.2, 0.25) is 0 Å². The molecule has 5 heteroatoms. The molecule has 0 saturated carbocycles. The Morgan fingerprint density at radius 1 is 1.42 bits per heavy atom. The first kappa shape index (κ1) is 13.3. The maximum Gasteiger partial charge on any atom is 0.117 e. The molecule has 3 rings (SSSR count). The Morgan fingerprint density at radius 2 is 2.37 bits per heavy atom. The molecule has 0 radical (unpaired) electrons. The first-order valence-electron chi connectivity index (χ1n) is 6.86. The molecule has 0 spiro atoms. The van der Waals surface area contributed by atoms with Crippen molar-refractivity contribution in [3.63, 3.8) is 0 Å². The summed E-state index contributed by atoms with van der Waals surface area (Å²) in [5, 5.41) is 3.25. The van der Waals surface area contributed by atoms with E-state index in [1.807, 2.05) is 11.8 Å². The van der Waals surface area contributed by atoms with Gasteiger partial charge in [-0.05, 0) is 44.3 Å². The van der Waals surface area contributed by atoms with Crippen LogP contribution in [0.5, 0.6) is 0 Å². The van der Waals surface area contributed by atoms with Crippen LogP contribution in [-0.2, 0) is 0 Å². The fraction of sp³-hybridized carbons (Fsp3) is 0.571. The highest BCUT2D eigenvalue weighted by Gasteiger charge is 2.18. The van der Waals surface area contributed by atoms with Crippen molar-refractivity contribution in [1.29, 1.82) is 0 Å². The van der Waals surface area contributed by atoms with Gasteiger partial charge < -0.3 is 4.90 Å². The maximum atomic E-state index is 4.43. The van der Waals surface area contributed by atoms with Gasteiger partial charge >= 0.3 is 0 Å². The van der Waals surface area contributed by atoms with Crippen molar-refractivity contribution in [2.24, 2.45) is 0 Å². The van der Waals surface area contributed by atoms with E-state index in [9.17, 15) is 0 Å². The van der Waals surface area contributed by atoms with E-state index in [0.717, 1.165) is 22.3 Å². The zero-order valence-corrected chi connectivity index (χ0v) is 12.8. The molecule has 0 amide bonds. The average Bonchev–Trinajstić information content (AvgIpc) is 2.90. The third kappa shape index (κ3) is 3.09. The topological polar surface area (TPSA) is 29.0 Å². The smallest absolute Gasteiger partial charge is 0.117 e. The molecule has 1 unspecified atom stereocenters. The normalized spacial score (nSPS) is 21.0. The van der Waals surface area contributed by atoms with Crippen molar-refractivity contribution in [2.75, 3.05) is 19.3 Å². The molecule has 1 atom stereocenters. The standard InChI is InChI=1S/C14H19N3S2/c1-17-7-3-2-4-11(17)5-8-19-14-13-12(6-9-18-13)15-10-16-14/h6,9-11H,2-5,7-8H2,1H3. The lowest BCUT2D eigenvalue weighted by molar-refractivity contribution is 0.182. The van der Waals surface area contributed by atoms with Gasteiger partial charge in [0.15, 0.2) is 0 Å². The molecule has 0 aliphatic carbocycles. The second kappa shape index (κ2) is 6.20. The minimum atomic E-state index is 0.766. The van der Waals surface area contributed by atoms with Crippen LogP contribution in [0.3, 0.4) is 0 Å². The summed E-state index contributed by atoms with van der Waals surface area (Å²) in [6, 6.07) is 2.84. The first-order valence-corrected chi connectivity index (χ1v) is 8.72. The van der Waals surface area contributed by atoms with Crippen molar-refractivity contribution in [3.8, 4) is 0 Å². The number of fused-ring (bicyclic) bond motifs is 1. The average molecular weight is 293 g/mol. The highest BCUT2D eigenvalue weighted by molar-refractivity contribution is 7.99. The number of thiophene rings is 1. The fourth-order valence-electron chi connectivity index (χ4n) is 2.67. The number of thioether (sulfide) groups is 1. The lowest BCUT2D eigenvalue weighted by atomic mass is 10.0. The second-order valence-corrected chi connectivity index (χ2v) is 7.08. The van der Waals surface area contributed by atoms with Gasteiger partial charge in [-0.3, -0.25) is 0 Å². The number of piperidine rings is 1. The molecule has 0 bridgehead atoms. The lowest BCUT2D eigenvalue weighted by Crippen LogP contribution is -2.36. The largest absolute Gasteiger partial charge is 0.303 e. The molecular formula is C14H19N3S2. The maximum absolute atomic E-state index is 4.43. The lowest BCUT2D eigenvalue weighted by Gasteiger charge is -2.32. The van der Waals surface area contributed by atoms with Crippen LogP contribution in [0, 0.1) is 0 Å². The predicted octanol–water partition coefficient (Wildman–Crippen LogP) is 3.66. The van der Waals surface area contributed by atoms with E-state index in [4.69, 9.17) is 0 Å². The summed E-state index contributed by atoms with van der Waals surface area (Å²) in [7, 11) is 2.26. The number of hydrogen-bond acceptors (Lipinski definition) is 5. The molecule has 1 saturated heterocycles. The molecular weight excluding hydrogens is 274 g/mol. The summed E-state index contributed by atoms with van der Waals surface area (Å²) >= 11 is 3.63. The van der Waals surface area contributed by atoms with Crippen LogP contribution in [0.4, 0.5) is 0 Å². The van der Waals surface area contributed by atoms with Gasteiger partial charge in [-0.25, -0.2) is 9.97 Å². The summed E-state index contributed by atoms with van der Waals surface area (Å²) in [5.74, 6) is 1.15. The van der Waals surface area contributed by atoms with Gasteiger partial charge in [0.1, 0.15) is 11.4 Å². The number of hydrogen-bond donors (Lipinski definition) is 0. The molecule has 0 N–H and O–H groups in total. The molecule has 3 heterocycles. The molecule has 2 aromatic rings. The molecule has 1 aliphatic rings. The van der Waals surface area contributed by atoms with E-state index in [1.54, 1.807) is 17.7 Å². The molecule has 19 heavy (non-hydrogen) atoms. The molecule has 0 aromatic carbocycles. The van der Waals surface area contributed by atoms with Crippen LogP contribution in [0.2, 0.25) is 0 Å². The first-order chi connectivity index (χ1) is 9.34. The Morgan fingerprint density at radius 3 is 3.26 bits per heavy atom. The van der Waals surface area contributed by atoms with Crippen LogP contribution in [-0.4, -0.2) is 40.3 Å². The third-order valence-electron chi connectivity index (χ3n) is 3.82. The van der Waals surface area contributed by atoms with Gasteiger partial charge in [0, 0.05) is 11.8 Å². The summed E-state index contributed by atoms with van der Waals surface area (Å²) in [5.41, 5.74) is 1.08. The van der Waals surface area contributed by atoms with Gasteiger partial charge in [-0.15, -0.1) is 23.1 Å². The quantitative estimate of drug-likeness (QED) is 0.635. The molecule has 2 aromatic heterocycles. The van der Waals surface area contributed by atoms with E-state index in [-0.39, 0.29) is 0 Å². The number of aromatic nitrogens is 2. The van der Waals surface area contributed by atoms with Gasteiger partial charge in [0.05, 0.1) is 10.2 Å². The van der Waals surface area contributed by atoms with Crippen LogP contribution in [0.25, 0.3) is 10.2 Å². The Hall–Kier alpha value is -0.650. The minimum absolute atomic E-state index is 0.766. The third-order valence-corrected chi connectivity index (χ3v) is 5.88. The summed E-state index contributed by atoms with van der Waals surface area (Å²) in [6.07, 6.45) is 7.06. The van der Waals surface area contributed by atoms with E-state index >= 15 is 0 Å². The fourth-order valence-corrected chi connectivity index (χ4v) is 4.66. The predicted molar refractivity (Wildman–Crippen MR) is 83.0 cm³/mol. The number of nitrogens with zero attached hydrogens (tertiary/aromatic N) is 3. The molecule has 1 aliphatic heterocycles. The molecule has 3 nitrogen and oxygen atoms in total. The second-order valence-electron chi connectivity index (χ2n) is 5.08. The summed E-state index contributed by atoms with van der Waals surface area (Å²) < 4.78 is 1.24. The monoisotopic (exact) mass is 293 g/mol. The Balaban J connectivity index is 1.58. The van der Waals surface area contributed by atoms with Crippen LogP contribution < -0.4 is 0 Å². The van der Waals surface area contributed by atoms with E-state index < -0.39 is 0 Å². The zero-order valence-electron chi connectivity index (χ0n) is 11.2. The number of likely N-dealkylation sites (tertiary alicyclic amines) is 1. The Kier molecular flexibility index (Phi) is 4.35. The number of rotatable bonds is 4.